The molecule has 0 amide bonds. The van der Waals surface area contributed by atoms with E-state index in [4.69, 9.17) is 10.5 Å². The molecule has 0 fully saturated rings. The molecule has 1 aromatic carbocycles. The van der Waals surface area contributed by atoms with Crippen molar-refractivity contribution in [2.24, 2.45) is 11.5 Å². The minimum atomic E-state index is -0.176. The molecule has 5 N–H and O–H groups in total. The molecule has 2 aliphatic carbocycles. The van der Waals surface area contributed by atoms with Gasteiger partial charge in [-0.05, 0) is 44.0 Å². The number of nitrogens with one attached hydrogen (secondary N) is 1. The van der Waals surface area contributed by atoms with Crippen LogP contribution in [0.2, 0.25) is 0 Å². The maximum Gasteiger partial charge on any atom is 1.00 e. The molecule has 0 aromatic heterocycles. The van der Waals surface area contributed by atoms with Crippen molar-refractivity contribution >= 4 is 5.57 Å². The van der Waals surface area contributed by atoms with Crippen LogP contribution < -0.4 is 73.3 Å². The molecule has 1 heterocycles. The fraction of sp³-hybridized carbons (Fsp3) is 0.333. The third kappa shape index (κ3) is 5.98. The third-order valence-corrected chi connectivity index (χ3v) is 4.69. The monoisotopic (exact) mass is 433 g/mol. The van der Waals surface area contributed by atoms with Gasteiger partial charge in [0.2, 0.25) is 0 Å². The Labute approximate surface area is 223 Å². The second-order valence-electron chi connectivity index (χ2n) is 6.40. The normalized spacial score (nSPS) is 18.7. The van der Waals surface area contributed by atoms with Crippen LogP contribution >= 0.6 is 0 Å². The van der Waals surface area contributed by atoms with Crippen molar-refractivity contribution in [3.63, 3.8) is 0 Å². The van der Waals surface area contributed by atoms with Gasteiger partial charge < -0.3 is 26.6 Å². The van der Waals surface area contributed by atoms with Crippen LogP contribution in [0.15, 0.2) is 76.9 Å². The van der Waals surface area contributed by atoms with Gasteiger partial charge >= 0.3 is 51.4 Å². The van der Waals surface area contributed by atoms with E-state index >= 15 is 0 Å². The van der Waals surface area contributed by atoms with E-state index in [1.54, 1.807) is 12.1 Å². The number of allylic oxidation sites excluding steroid dienone is 5. The van der Waals surface area contributed by atoms with Gasteiger partial charge in [0.1, 0.15) is 11.5 Å². The predicted molar refractivity (Wildman–Crippen MR) is 119 cm³/mol. The number of ether oxygens (including phenoxy) is 1. The predicted octanol–water partition coefficient (Wildman–Crippen LogP) is 0.471. The Morgan fingerprint density at radius 1 is 1.17 bits per heavy atom. The SMILES string of the molecule is CC.CCNC1=CC2=C(CC1)C(c1ccccc1[O-])=C1C=CC(N)C=C1O2.CN.[K+]. The summed E-state index contributed by atoms with van der Waals surface area (Å²) in [4.78, 5) is 0. The van der Waals surface area contributed by atoms with Crippen LogP contribution in [0.5, 0.6) is 5.75 Å². The molecule has 0 spiro atoms. The fourth-order valence-corrected chi connectivity index (χ4v) is 3.57. The topological polar surface area (TPSA) is 96.4 Å². The van der Waals surface area contributed by atoms with Crippen LogP contribution in [-0.2, 0) is 4.74 Å². The molecule has 6 heteroatoms. The minimum absolute atomic E-state index is 0. The standard InChI is InChI=1S/C21H22N2O2.C2H6.CH5N.K/c1-2-23-14-8-10-17-20(12-14)25-19-11-13(22)7-9-16(19)21(17)15-5-3-4-6-18(15)24;2*1-2;/h3-7,9,11-13,23-24H,2,8,10,22H2,1H3;1-2H3;2H2,1H3;/q;;;+1/p-1. The molecule has 1 aromatic rings. The van der Waals surface area contributed by atoms with Crippen molar-refractivity contribution in [2.75, 3.05) is 13.6 Å². The van der Waals surface area contributed by atoms with E-state index in [0.717, 1.165) is 58.9 Å². The Hall–Kier alpha value is -1.12. The van der Waals surface area contributed by atoms with Crippen LogP contribution in [0.3, 0.4) is 0 Å². The van der Waals surface area contributed by atoms with Gasteiger partial charge in [-0.3, -0.25) is 0 Å². The molecular formula is C24H32KN3O2. The van der Waals surface area contributed by atoms with Crippen molar-refractivity contribution < 1.29 is 61.2 Å². The first-order valence-corrected chi connectivity index (χ1v) is 10.3. The number of hydrogen-bond donors (Lipinski definition) is 3. The fourth-order valence-electron chi connectivity index (χ4n) is 3.57. The molecular weight excluding hydrogens is 401 g/mol. The molecule has 0 bridgehead atoms. The third-order valence-electron chi connectivity index (χ3n) is 4.69. The average molecular weight is 434 g/mol. The van der Waals surface area contributed by atoms with Crippen LogP contribution in [0.1, 0.15) is 39.2 Å². The van der Waals surface area contributed by atoms with Gasteiger partial charge in [-0.25, -0.2) is 0 Å². The molecule has 1 aliphatic heterocycles. The van der Waals surface area contributed by atoms with Crippen molar-refractivity contribution in [3.8, 4) is 5.75 Å². The smallest absolute Gasteiger partial charge is 0.872 e. The summed E-state index contributed by atoms with van der Waals surface area (Å²) in [7, 11) is 1.50. The molecule has 4 rings (SSSR count). The Balaban J connectivity index is 0.000000851. The Bertz CT molecular complexity index is 882. The zero-order valence-electron chi connectivity index (χ0n) is 18.8. The number of nitrogens with two attached hydrogens (primary N) is 2. The summed E-state index contributed by atoms with van der Waals surface area (Å²) in [6.45, 7) is 6.96. The van der Waals surface area contributed by atoms with E-state index in [1.165, 1.54) is 7.05 Å². The van der Waals surface area contributed by atoms with Gasteiger partial charge in [0.15, 0.2) is 0 Å². The molecule has 30 heavy (non-hydrogen) atoms. The second kappa shape index (κ2) is 13.3. The van der Waals surface area contributed by atoms with Crippen molar-refractivity contribution in [1.29, 1.82) is 0 Å². The van der Waals surface area contributed by atoms with Crippen LogP contribution in [0.25, 0.3) is 5.57 Å². The molecule has 3 aliphatic rings. The molecule has 0 saturated carbocycles. The summed E-state index contributed by atoms with van der Waals surface area (Å²) in [5, 5.41) is 15.9. The molecule has 156 valence electrons. The van der Waals surface area contributed by atoms with E-state index in [1.807, 2.05) is 44.2 Å². The Morgan fingerprint density at radius 2 is 1.87 bits per heavy atom. The molecule has 0 saturated heterocycles. The van der Waals surface area contributed by atoms with E-state index in [2.05, 4.69) is 24.1 Å². The van der Waals surface area contributed by atoms with Gasteiger partial charge in [-0.15, -0.1) is 5.75 Å². The van der Waals surface area contributed by atoms with Crippen molar-refractivity contribution in [2.45, 2.75) is 39.7 Å². The zero-order chi connectivity index (χ0) is 21.4. The number of rotatable bonds is 3. The Morgan fingerprint density at radius 3 is 2.53 bits per heavy atom. The van der Waals surface area contributed by atoms with Crippen LogP contribution in [0, 0.1) is 0 Å². The first-order chi connectivity index (χ1) is 14.2. The maximum atomic E-state index is 12.5. The van der Waals surface area contributed by atoms with Gasteiger partial charge in [-0.1, -0.05) is 50.3 Å². The first kappa shape index (κ1) is 26.9. The van der Waals surface area contributed by atoms with Gasteiger partial charge in [0.05, 0.1) is 0 Å². The summed E-state index contributed by atoms with van der Waals surface area (Å²) in [6, 6.07) is 7.02. The quantitative estimate of drug-likeness (QED) is 0.602. The van der Waals surface area contributed by atoms with Gasteiger partial charge in [-0.2, -0.15) is 0 Å². The summed E-state index contributed by atoms with van der Waals surface area (Å²) in [5.74, 6) is 1.58. The van der Waals surface area contributed by atoms with Crippen LogP contribution in [-0.4, -0.2) is 19.6 Å². The van der Waals surface area contributed by atoms with Crippen molar-refractivity contribution in [3.05, 3.63) is 82.5 Å². The summed E-state index contributed by atoms with van der Waals surface area (Å²) < 4.78 is 6.17. The maximum absolute atomic E-state index is 12.5. The van der Waals surface area contributed by atoms with E-state index in [9.17, 15) is 5.11 Å². The van der Waals surface area contributed by atoms with Crippen molar-refractivity contribution in [1.82, 2.24) is 5.32 Å². The number of para-hydroxylation sites is 1. The van der Waals surface area contributed by atoms with Gasteiger partial charge in [0.25, 0.3) is 0 Å². The van der Waals surface area contributed by atoms with Crippen LogP contribution in [0.4, 0.5) is 0 Å². The molecule has 1 unspecified atom stereocenters. The number of fused-ring (bicyclic) bond motifs is 1. The molecule has 0 radical (unpaired) electrons. The zero-order valence-corrected chi connectivity index (χ0v) is 21.9. The molecule has 5 nitrogen and oxygen atoms in total. The number of benzene rings is 1. The summed E-state index contributed by atoms with van der Waals surface area (Å²) in [5.41, 5.74) is 15.4. The summed E-state index contributed by atoms with van der Waals surface area (Å²) >= 11 is 0. The van der Waals surface area contributed by atoms with E-state index in [-0.39, 0.29) is 63.2 Å². The largest absolute Gasteiger partial charge is 1.00 e. The molecule has 1 atom stereocenters. The van der Waals surface area contributed by atoms with Gasteiger partial charge in [0, 0.05) is 35.5 Å². The minimum Gasteiger partial charge on any atom is -0.872 e. The first-order valence-electron chi connectivity index (χ1n) is 10.3. The Kier molecular flexibility index (Phi) is 12.0. The van der Waals surface area contributed by atoms with E-state index < -0.39 is 0 Å². The number of hydrogen-bond acceptors (Lipinski definition) is 5. The van der Waals surface area contributed by atoms with E-state index in [0.29, 0.717) is 0 Å². The summed E-state index contributed by atoms with van der Waals surface area (Å²) in [6.07, 6.45) is 9.63. The average Bonchev–Trinajstić information content (AvgIpc) is 2.75. The second-order valence-corrected chi connectivity index (χ2v) is 6.40.